The van der Waals surface area contributed by atoms with E-state index in [4.69, 9.17) is 0 Å². The van der Waals surface area contributed by atoms with Crippen molar-refractivity contribution in [3.8, 4) is 0 Å². The normalized spacial score (nSPS) is 26.1. The van der Waals surface area contributed by atoms with Crippen molar-refractivity contribution < 1.29 is 0 Å². The van der Waals surface area contributed by atoms with Gasteiger partial charge in [0.2, 0.25) is 0 Å². The fraction of sp³-hybridized carbons (Fsp3) is 1.00. The van der Waals surface area contributed by atoms with E-state index >= 15 is 0 Å². The smallest absolute Gasteiger partial charge is 0.0850 e. The third-order valence-electron chi connectivity index (χ3n) is 3.85. The van der Waals surface area contributed by atoms with Crippen LogP contribution < -0.4 is 0 Å². The van der Waals surface area contributed by atoms with Gasteiger partial charge in [-0.15, -0.1) is 47.0 Å². The Balaban J connectivity index is 2.29. The van der Waals surface area contributed by atoms with Crippen LogP contribution in [0.25, 0.3) is 0 Å². The molecule has 0 saturated carbocycles. The van der Waals surface area contributed by atoms with Crippen LogP contribution in [0.5, 0.6) is 0 Å². The van der Waals surface area contributed by atoms with E-state index in [1.54, 1.807) is 0 Å². The average Bonchev–Trinajstić information content (AvgIpc) is 2.39. The van der Waals surface area contributed by atoms with Crippen LogP contribution in [0.15, 0.2) is 0 Å². The van der Waals surface area contributed by atoms with Gasteiger partial charge in [0, 0.05) is 0 Å². The molecule has 2 aliphatic rings. The van der Waals surface area contributed by atoms with E-state index in [1.807, 2.05) is 0 Å². The molecule has 0 radical (unpaired) electrons. The lowest BCUT2D eigenvalue weighted by molar-refractivity contribution is 0.459. The second-order valence-electron chi connectivity index (χ2n) is 6.80. The molecule has 2 saturated heterocycles. The minimum Gasteiger partial charge on any atom is -0.142 e. The van der Waals surface area contributed by atoms with Gasteiger partial charge in [-0.2, -0.15) is 0 Å². The highest BCUT2D eigenvalue weighted by atomic mass is 32.2. The third kappa shape index (κ3) is 4.02. The highest BCUT2D eigenvalue weighted by Crippen LogP contribution is 2.65. The number of hydrogen-bond donors (Lipinski definition) is 0. The largest absolute Gasteiger partial charge is 0.142 e. The molecule has 0 aromatic carbocycles. The second kappa shape index (κ2) is 7.79. The fourth-order valence-corrected chi connectivity index (χ4v) is 12.1. The molecule has 0 aromatic heterocycles. The molecule has 0 spiro atoms. The predicted octanol–water partition coefficient (Wildman–Crippen LogP) is 6.21. The summed E-state index contributed by atoms with van der Waals surface area (Å²) in [7, 11) is 0. The summed E-state index contributed by atoms with van der Waals surface area (Å²) in [5, 5.41) is 0. The van der Waals surface area contributed by atoms with Crippen molar-refractivity contribution >= 4 is 47.0 Å². The van der Waals surface area contributed by atoms with Crippen molar-refractivity contribution in [3.63, 3.8) is 0 Å². The van der Waals surface area contributed by atoms with E-state index in [2.05, 4.69) is 74.7 Å². The molecule has 0 aliphatic carbocycles. The van der Waals surface area contributed by atoms with Gasteiger partial charge in [-0.25, -0.2) is 0 Å². The number of thioether (sulfide) groups is 4. The van der Waals surface area contributed by atoms with Gasteiger partial charge in [0.1, 0.15) is 0 Å². The van der Waals surface area contributed by atoms with Crippen molar-refractivity contribution in [2.45, 2.75) is 61.5 Å². The Kier molecular flexibility index (Phi) is 6.91. The van der Waals surface area contributed by atoms with E-state index in [0.717, 1.165) is 11.8 Å². The molecular formula is C16H30S4. The molecule has 118 valence electrons. The zero-order chi connectivity index (χ0) is 14.6. The van der Waals surface area contributed by atoms with Crippen LogP contribution in [0.2, 0.25) is 0 Å². The zero-order valence-corrected chi connectivity index (χ0v) is 16.7. The average molecular weight is 351 g/mol. The van der Waals surface area contributed by atoms with Crippen molar-refractivity contribution in [2.24, 2.45) is 11.8 Å². The molecule has 0 aromatic rings. The van der Waals surface area contributed by atoms with Crippen molar-refractivity contribution in [1.29, 1.82) is 0 Å². The fourth-order valence-electron chi connectivity index (χ4n) is 3.21. The molecule has 0 unspecified atom stereocenters. The first kappa shape index (κ1) is 17.7. The summed E-state index contributed by atoms with van der Waals surface area (Å²) in [6, 6.07) is 0. The van der Waals surface area contributed by atoms with Crippen LogP contribution in [0.1, 0.15) is 53.4 Å². The predicted molar refractivity (Wildman–Crippen MR) is 103 cm³/mol. The van der Waals surface area contributed by atoms with Gasteiger partial charge in [0.25, 0.3) is 0 Å². The van der Waals surface area contributed by atoms with Crippen LogP contribution in [0.4, 0.5) is 0 Å². The van der Waals surface area contributed by atoms with Gasteiger partial charge < -0.3 is 0 Å². The third-order valence-corrected chi connectivity index (χ3v) is 11.7. The Bertz CT molecular complexity index is 259. The lowest BCUT2D eigenvalue weighted by Gasteiger charge is -2.54. The van der Waals surface area contributed by atoms with E-state index in [0.29, 0.717) is 8.16 Å². The molecular weight excluding hydrogens is 320 g/mol. The van der Waals surface area contributed by atoms with Crippen LogP contribution in [0.3, 0.4) is 0 Å². The van der Waals surface area contributed by atoms with Gasteiger partial charge in [-0.05, 0) is 60.5 Å². The van der Waals surface area contributed by atoms with Crippen LogP contribution >= 0.6 is 47.0 Å². The first-order valence-corrected chi connectivity index (χ1v) is 12.0. The van der Waals surface area contributed by atoms with Crippen LogP contribution in [-0.2, 0) is 0 Å². The van der Waals surface area contributed by atoms with Crippen molar-refractivity contribution in [2.75, 3.05) is 23.0 Å². The topological polar surface area (TPSA) is 0 Å². The standard InChI is InChI=1S/C16H30S4/c1-13(2)11-15(17-7-5-8-18-15)16(12-14(3)4)19-9-6-10-20-16/h13-14H,5-12H2,1-4H3. The van der Waals surface area contributed by atoms with E-state index in [1.165, 1.54) is 48.7 Å². The Morgan fingerprint density at radius 2 is 0.950 bits per heavy atom. The quantitative estimate of drug-likeness (QED) is 0.577. The molecule has 0 atom stereocenters. The van der Waals surface area contributed by atoms with E-state index in [-0.39, 0.29) is 0 Å². The molecule has 0 nitrogen and oxygen atoms in total. The Labute approximate surface area is 143 Å². The van der Waals surface area contributed by atoms with Gasteiger partial charge in [0.15, 0.2) is 0 Å². The molecule has 0 amide bonds. The summed E-state index contributed by atoms with van der Waals surface area (Å²) >= 11 is 9.23. The lowest BCUT2D eigenvalue weighted by atomic mass is 9.98. The maximum absolute atomic E-state index is 2.42. The monoisotopic (exact) mass is 350 g/mol. The van der Waals surface area contributed by atoms with Crippen molar-refractivity contribution in [3.05, 3.63) is 0 Å². The first-order valence-electron chi connectivity index (χ1n) is 8.05. The van der Waals surface area contributed by atoms with Crippen LogP contribution in [-0.4, -0.2) is 31.2 Å². The van der Waals surface area contributed by atoms with Crippen molar-refractivity contribution in [1.82, 2.24) is 0 Å². The maximum atomic E-state index is 2.42. The first-order chi connectivity index (χ1) is 9.50. The van der Waals surface area contributed by atoms with Crippen LogP contribution in [0, 0.1) is 11.8 Å². The molecule has 20 heavy (non-hydrogen) atoms. The Morgan fingerprint density at radius 1 is 0.650 bits per heavy atom. The highest BCUT2D eigenvalue weighted by Gasteiger charge is 2.54. The summed E-state index contributed by atoms with van der Waals surface area (Å²) < 4.78 is 0.916. The molecule has 2 fully saturated rings. The molecule has 2 rings (SSSR count). The summed E-state index contributed by atoms with van der Waals surface area (Å²) in [6.07, 6.45) is 5.58. The minimum absolute atomic E-state index is 0.458. The van der Waals surface area contributed by atoms with E-state index in [9.17, 15) is 0 Å². The summed E-state index contributed by atoms with van der Waals surface area (Å²) in [5.41, 5.74) is 0. The van der Waals surface area contributed by atoms with Gasteiger partial charge in [0.05, 0.1) is 8.16 Å². The second-order valence-corrected chi connectivity index (χ2v) is 12.9. The summed E-state index contributed by atoms with van der Waals surface area (Å²) in [6.45, 7) is 9.66. The van der Waals surface area contributed by atoms with Gasteiger partial charge >= 0.3 is 0 Å². The summed E-state index contributed by atoms with van der Waals surface area (Å²) in [4.78, 5) is 0. The zero-order valence-electron chi connectivity index (χ0n) is 13.4. The van der Waals surface area contributed by atoms with Gasteiger partial charge in [-0.3, -0.25) is 0 Å². The molecule has 2 heterocycles. The maximum Gasteiger partial charge on any atom is 0.0850 e. The number of hydrogen-bond acceptors (Lipinski definition) is 4. The molecule has 4 heteroatoms. The SMILES string of the molecule is CC(C)CC1(C2(CC(C)C)SCCCS2)SCCCS1. The highest BCUT2D eigenvalue weighted by molar-refractivity contribution is 8.25. The Morgan fingerprint density at radius 3 is 1.20 bits per heavy atom. The molecule has 2 aliphatic heterocycles. The minimum atomic E-state index is 0.458. The van der Waals surface area contributed by atoms with Gasteiger partial charge in [-0.1, -0.05) is 27.7 Å². The number of rotatable bonds is 5. The Hall–Kier alpha value is 1.40. The van der Waals surface area contributed by atoms with E-state index < -0.39 is 0 Å². The lowest BCUT2D eigenvalue weighted by Crippen LogP contribution is -2.49. The molecule has 0 bridgehead atoms. The molecule has 0 N–H and O–H groups in total. The summed E-state index contributed by atoms with van der Waals surface area (Å²) in [5.74, 6) is 7.11.